The summed E-state index contributed by atoms with van der Waals surface area (Å²) >= 11 is 0. The summed E-state index contributed by atoms with van der Waals surface area (Å²) in [6.07, 6.45) is 5.41. The number of hydrogen-bond acceptors (Lipinski definition) is 2. The highest BCUT2D eigenvalue weighted by atomic mass is 16.5. The maximum absolute atomic E-state index is 5.33. The number of methoxy groups -OCH3 is 1. The van der Waals surface area contributed by atoms with E-state index in [-0.39, 0.29) is 6.10 Å². The highest BCUT2D eigenvalue weighted by Crippen LogP contribution is 2.32. The monoisotopic (exact) mass is 152 g/mol. The fourth-order valence-corrected chi connectivity index (χ4v) is 1.67. The second kappa shape index (κ2) is 2.70. The first-order valence-corrected chi connectivity index (χ1v) is 4.01. The molecule has 0 N–H and O–H groups in total. The van der Waals surface area contributed by atoms with Crippen LogP contribution in [0.25, 0.3) is 0 Å². The fourth-order valence-electron chi connectivity index (χ4n) is 1.67. The topological polar surface area (TPSA) is 22.4 Å². The van der Waals surface area contributed by atoms with Gasteiger partial charge in [0.1, 0.15) is 11.9 Å². The third-order valence-electron chi connectivity index (χ3n) is 2.27. The zero-order chi connectivity index (χ0) is 7.68. The van der Waals surface area contributed by atoms with Crippen LogP contribution < -0.4 is 0 Å². The summed E-state index contributed by atoms with van der Waals surface area (Å²) in [4.78, 5) is 0. The molecule has 0 saturated carbocycles. The summed E-state index contributed by atoms with van der Waals surface area (Å²) in [5.74, 6) is 1.04. The lowest BCUT2D eigenvalue weighted by atomic mass is 9.96. The molecule has 1 heterocycles. The van der Waals surface area contributed by atoms with E-state index in [0.29, 0.717) is 0 Å². The van der Waals surface area contributed by atoms with E-state index in [0.717, 1.165) is 18.6 Å². The van der Waals surface area contributed by atoms with Gasteiger partial charge in [-0.05, 0) is 30.9 Å². The van der Waals surface area contributed by atoms with Crippen LogP contribution in [0.3, 0.4) is 0 Å². The third kappa shape index (κ3) is 1.07. The van der Waals surface area contributed by atoms with Gasteiger partial charge in [0.15, 0.2) is 0 Å². The van der Waals surface area contributed by atoms with Gasteiger partial charge in [-0.25, -0.2) is 0 Å². The molecule has 0 bridgehead atoms. The Balaban J connectivity index is 2.32. The van der Waals surface area contributed by atoms with Crippen LogP contribution in [0.5, 0.6) is 0 Å². The van der Waals surface area contributed by atoms with Gasteiger partial charge in [-0.2, -0.15) is 0 Å². The molecule has 0 fully saturated rings. The molecule has 1 aromatic heterocycles. The van der Waals surface area contributed by atoms with Crippen molar-refractivity contribution in [1.82, 2.24) is 0 Å². The second-order valence-corrected chi connectivity index (χ2v) is 2.93. The van der Waals surface area contributed by atoms with Crippen molar-refractivity contribution in [1.29, 1.82) is 0 Å². The van der Waals surface area contributed by atoms with Gasteiger partial charge in [0, 0.05) is 7.11 Å². The summed E-state index contributed by atoms with van der Waals surface area (Å²) in [5, 5.41) is 0. The first-order valence-electron chi connectivity index (χ1n) is 4.01. The van der Waals surface area contributed by atoms with Crippen LogP contribution in [0.15, 0.2) is 16.7 Å². The van der Waals surface area contributed by atoms with Gasteiger partial charge in [0.2, 0.25) is 0 Å². The van der Waals surface area contributed by atoms with Crippen molar-refractivity contribution >= 4 is 0 Å². The molecule has 11 heavy (non-hydrogen) atoms. The van der Waals surface area contributed by atoms with Gasteiger partial charge in [0.25, 0.3) is 0 Å². The van der Waals surface area contributed by atoms with E-state index in [1.807, 2.05) is 6.07 Å². The van der Waals surface area contributed by atoms with E-state index >= 15 is 0 Å². The van der Waals surface area contributed by atoms with Crippen molar-refractivity contribution in [3.05, 3.63) is 23.7 Å². The third-order valence-corrected chi connectivity index (χ3v) is 2.27. The minimum absolute atomic E-state index is 0.203. The van der Waals surface area contributed by atoms with Crippen molar-refractivity contribution in [2.24, 2.45) is 0 Å². The van der Waals surface area contributed by atoms with Crippen molar-refractivity contribution in [3.63, 3.8) is 0 Å². The highest BCUT2D eigenvalue weighted by molar-refractivity contribution is 5.21. The maximum Gasteiger partial charge on any atom is 0.135 e. The lowest BCUT2D eigenvalue weighted by Gasteiger charge is -2.18. The van der Waals surface area contributed by atoms with Gasteiger partial charge in [-0.3, -0.25) is 0 Å². The van der Waals surface area contributed by atoms with E-state index in [9.17, 15) is 0 Å². The van der Waals surface area contributed by atoms with Crippen LogP contribution in [-0.4, -0.2) is 7.11 Å². The minimum atomic E-state index is 0.203. The van der Waals surface area contributed by atoms with Crippen LogP contribution in [0.2, 0.25) is 0 Å². The lowest BCUT2D eigenvalue weighted by Crippen LogP contribution is -2.08. The molecule has 1 aliphatic carbocycles. The molecule has 0 spiro atoms. The van der Waals surface area contributed by atoms with Gasteiger partial charge in [-0.15, -0.1) is 0 Å². The Kier molecular flexibility index (Phi) is 1.70. The van der Waals surface area contributed by atoms with Crippen LogP contribution in [0.1, 0.15) is 30.3 Å². The molecule has 0 saturated heterocycles. The zero-order valence-electron chi connectivity index (χ0n) is 6.67. The molecule has 2 heteroatoms. The van der Waals surface area contributed by atoms with Crippen LogP contribution in [-0.2, 0) is 11.2 Å². The largest absolute Gasteiger partial charge is 0.466 e. The second-order valence-electron chi connectivity index (χ2n) is 2.93. The molecule has 0 amide bonds. The number of hydrogen-bond donors (Lipinski definition) is 0. The summed E-state index contributed by atoms with van der Waals surface area (Å²) in [5.41, 5.74) is 1.32. The Bertz CT molecular complexity index is 239. The Morgan fingerprint density at radius 2 is 2.55 bits per heavy atom. The quantitative estimate of drug-likeness (QED) is 0.616. The Morgan fingerprint density at radius 3 is 3.36 bits per heavy atom. The van der Waals surface area contributed by atoms with Gasteiger partial charge in [0.05, 0.1) is 6.26 Å². The van der Waals surface area contributed by atoms with E-state index < -0.39 is 0 Å². The summed E-state index contributed by atoms with van der Waals surface area (Å²) in [6.45, 7) is 0. The molecule has 1 aromatic rings. The SMILES string of the molecule is COC1CCCc2ccoc21. The van der Waals surface area contributed by atoms with E-state index in [2.05, 4.69) is 0 Å². The van der Waals surface area contributed by atoms with E-state index in [4.69, 9.17) is 9.15 Å². The standard InChI is InChI=1S/C9H12O2/c1-10-8-4-2-3-7-5-6-11-9(7)8/h5-6,8H,2-4H2,1H3. The number of furan rings is 1. The van der Waals surface area contributed by atoms with Crippen LogP contribution in [0.4, 0.5) is 0 Å². The smallest absolute Gasteiger partial charge is 0.135 e. The predicted octanol–water partition coefficient (Wildman–Crippen LogP) is 2.30. The molecule has 0 aliphatic heterocycles. The number of ether oxygens (including phenoxy) is 1. The van der Waals surface area contributed by atoms with Crippen molar-refractivity contribution in [2.75, 3.05) is 7.11 Å². The summed E-state index contributed by atoms with van der Waals surface area (Å²) in [6, 6.07) is 2.04. The molecular weight excluding hydrogens is 140 g/mol. The Hall–Kier alpha value is -0.760. The van der Waals surface area contributed by atoms with E-state index in [1.165, 1.54) is 12.0 Å². The number of rotatable bonds is 1. The molecular formula is C9H12O2. The normalized spacial score (nSPS) is 23.2. The number of aryl methyl sites for hydroxylation is 1. The molecule has 0 radical (unpaired) electrons. The van der Waals surface area contributed by atoms with Gasteiger partial charge in [-0.1, -0.05) is 0 Å². The maximum atomic E-state index is 5.33. The molecule has 1 aliphatic rings. The fraction of sp³-hybridized carbons (Fsp3) is 0.556. The molecule has 2 rings (SSSR count). The predicted molar refractivity (Wildman–Crippen MR) is 41.4 cm³/mol. The summed E-state index contributed by atoms with van der Waals surface area (Å²) < 4.78 is 10.6. The van der Waals surface area contributed by atoms with Crippen molar-refractivity contribution in [2.45, 2.75) is 25.4 Å². The van der Waals surface area contributed by atoms with Gasteiger partial charge >= 0.3 is 0 Å². The lowest BCUT2D eigenvalue weighted by molar-refractivity contribution is 0.0686. The molecule has 2 nitrogen and oxygen atoms in total. The highest BCUT2D eigenvalue weighted by Gasteiger charge is 2.22. The van der Waals surface area contributed by atoms with Crippen LogP contribution >= 0.6 is 0 Å². The first-order chi connectivity index (χ1) is 5.42. The first kappa shape index (κ1) is 6.92. The van der Waals surface area contributed by atoms with Gasteiger partial charge < -0.3 is 9.15 Å². The van der Waals surface area contributed by atoms with Crippen molar-refractivity contribution < 1.29 is 9.15 Å². The van der Waals surface area contributed by atoms with Crippen molar-refractivity contribution in [3.8, 4) is 0 Å². The minimum Gasteiger partial charge on any atom is -0.466 e. The molecule has 0 aromatic carbocycles. The number of fused-ring (bicyclic) bond motifs is 1. The van der Waals surface area contributed by atoms with E-state index in [1.54, 1.807) is 13.4 Å². The average Bonchev–Trinajstić information content (AvgIpc) is 2.50. The molecule has 1 atom stereocenters. The van der Waals surface area contributed by atoms with Crippen LogP contribution in [0, 0.1) is 0 Å². The molecule has 60 valence electrons. The zero-order valence-corrected chi connectivity index (χ0v) is 6.67. The Labute approximate surface area is 66.2 Å². The average molecular weight is 152 g/mol. The Morgan fingerprint density at radius 1 is 1.64 bits per heavy atom. The molecule has 1 unspecified atom stereocenters. The summed E-state index contributed by atoms with van der Waals surface area (Å²) in [7, 11) is 1.74.